The summed E-state index contributed by atoms with van der Waals surface area (Å²) in [5.74, 6) is -1.35. The van der Waals surface area contributed by atoms with Gasteiger partial charge in [0.25, 0.3) is 5.78 Å². The van der Waals surface area contributed by atoms with Crippen LogP contribution in [0, 0.1) is 0 Å². The molecule has 84 valence electrons. The largest absolute Gasteiger partial charge is 0.463 e. The van der Waals surface area contributed by atoms with E-state index in [4.69, 9.17) is 0 Å². The number of aryl methyl sites for hydroxylation is 2. The van der Waals surface area contributed by atoms with E-state index in [0.29, 0.717) is 5.56 Å². The lowest BCUT2D eigenvalue weighted by Gasteiger charge is -2.15. The normalized spacial score (nSPS) is 14.1. The van der Waals surface area contributed by atoms with Gasteiger partial charge in [-0.2, -0.15) is 0 Å². The lowest BCUT2D eigenvalue weighted by molar-refractivity contribution is -0.135. The van der Waals surface area contributed by atoms with Gasteiger partial charge in [-0.15, -0.1) is 0 Å². The fourth-order valence-electron chi connectivity index (χ4n) is 2.09. The van der Waals surface area contributed by atoms with Crippen LogP contribution in [0.5, 0.6) is 0 Å². The van der Waals surface area contributed by atoms with Crippen LogP contribution in [0.3, 0.4) is 0 Å². The molecule has 1 aromatic carbocycles. The predicted molar refractivity (Wildman–Crippen MR) is 59.4 cm³/mol. The van der Waals surface area contributed by atoms with Gasteiger partial charge in [0.1, 0.15) is 0 Å². The summed E-state index contributed by atoms with van der Waals surface area (Å²) in [4.78, 5) is 22.7. The number of benzene rings is 1. The molecule has 3 heteroatoms. The van der Waals surface area contributed by atoms with Crippen LogP contribution in [0.15, 0.2) is 18.2 Å². The van der Waals surface area contributed by atoms with Crippen LogP contribution in [0.25, 0.3) is 0 Å². The number of methoxy groups -OCH3 is 1. The summed E-state index contributed by atoms with van der Waals surface area (Å²) < 4.78 is 4.42. The maximum Gasteiger partial charge on any atom is 0.379 e. The molecule has 2 rings (SSSR count). The Morgan fingerprint density at radius 2 is 1.81 bits per heavy atom. The zero-order chi connectivity index (χ0) is 11.5. The molecule has 0 heterocycles. The summed E-state index contributed by atoms with van der Waals surface area (Å²) in [5, 5.41) is 0. The molecule has 1 aromatic rings. The van der Waals surface area contributed by atoms with Gasteiger partial charge in [-0.25, -0.2) is 4.79 Å². The molecule has 0 fully saturated rings. The Hall–Kier alpha value is -1.64. The summed E-state index contributed by atoms with van der Waals surface area (Å²) in [7, 11) is 1.22. The molecule has 0 bridgehead atoms. The number of Topliss-reactive ketones (excluding diaryl/α,β-unsaturated/α-hetero) is 1. The number of ether oxygens (including phenoxy) is 1. The molecular formula is C13H14O3. The van der Waals surface area contributed by atoms with Crippen LogP contribution in [0.2, 0.25) is 0 Å². The van der Waals surface area contributed by atoms with Crippen LogP contribution >= 0.6 is 0 Å². The Bertz CT molecular complexity index is 435. The van der Waals surface area contributed by atoms with Crippen molar-refractivity contribution in [2.24, 2.45) is 0 Å². The molecule has 0 saturated carbocycles. The van der Waals surface area contributed by atoms with E-state index in [2.05, 4.69) is 4.74 Å². The second-order valence-corrected chi connectivity index (χ2v) is 4.01. The first-order chi connectivity index (χ1) is 7.72. The van der Waals surface area contributed by atoms with E-state index in [0.717, 1.165) is 19.3 Å². The third-order valence-corrected chi connectivity index (χ3v) is 2.98. The maximum atomic E-state index is 11.6. The van der Waals surface area contributed by atoms with Crippen LogP contribution in [0.1, 0.15) is 34.3 Å². The Kier molecular flexibility index (Phi) is 3.04. The van der Waals surface area contributed by atoms with E-state index in [1.807, 2.05) is 12.1 Å². The molecule has 0 aromatic heterocycles. The molecule has 1 aliphatic rings. The summed E-state index contributed by atoms with van der Waals surface area (Å²) in [6.45, 7) is 0. The molecule has 0 spiro atoms. The number of hydrogen-bond acceptors (Lipinski definition) is 3. The minimum absolute atomic E-state index is 0.438. The highest BCUT2D eigenvalue weighted by atomic mass is 16.5. The van der Waals surface area contributed by atoms with Crippen molar-refractivity contribution in [2.75, 3.05) is 7.11 Å². The highest BCUT2D eigenvalue weighted by Crippen LogP contribution is 2.22. The quantitative estimate of drug-likeness (QED) is 0.432. The third kappa shape index (κ3) is 1.98. The van der Waals surface area contributed by atoms with Crippen molar-refractivity contribution >= 4 is 11.8 Å². The van der Waals surface area contributed by atoms with E-state index in [1.165, 1.54) is 24.7 Å². The summed E-state index contributed by atoms with van der Waals surface area (Å²) >= 11 is 0. The number of hydrogen-bond donors (Lipinski definition) is 0. The van der Waals surface area contributed by atoms with Crippen molar-refractivity contribution in [1.29, 1.82) is 0 Å². The predicted octanol–water partition coefficient (Wildman–Crippen LogP) is 1.92. The van der Waals surface area contributed by atoms with E-state index in [-0.39, 0.29) is 0 Å². The average molecular weight is 218 g/mol. The SMILES string of the molecule is COC(=O)C(=O)c1ccc2c(c1)CCCC2. The fraction of sp³-hybridized carbons (Fsp3) is 0.385. The van der Waals surface area contributed by atoms with Crippen molar-refractivity contribution < 1.29 is 14.3 Å². The van der Waals surface area contributed by atoms with Gasteiger partial charge in [0.2, 0.25) is 0 Å². The van der Waals surface area contributed by atoms with E-state index in [9.17, 15) is 9.59 Å². The molecule has 0 amide bonds. The zero-order valence-corrected chi connectivity index (χ0v) is 9.29. The molecule has 0 aliphatic heterocycles. The molecule has 0 saturated heterocycles. The number of esters is 1. The van der Waals surface area contributed by atoms with E-state index < -0.39 is 11.8 Å². The molecular weight excluding hydrogens is 204 g/mol. The smallest absolute Gasteiger partial charge is 0.379 e. The fourth-order valence-corrected chi connectivity index (χ4v) is 2.09. The summed E-state index contributed by atoms with van der Waals surface area (Å²) in [6, 6.07) is 5.49. The van der Waals surface area contributed by atoms with Gasteiger partial charge in [-0.1, -0.05) is 12.1 Å². The minimum Gasteiger partial charge on any atom is -0.463 e. The first kappa shape index (κ1) is 10.9. The molecule has 1 aliphatic carbocycles. The Labute approximate surface area is 94.4 Å². The molecule has 0 unspecified atom stereocenters. The van der Waals surface area contributed by atoms with Crippen LogP contribution in [-0.2, 0) is 22.4 Å². The van der Waals surface area contributed by atoms with Crippen LogP contribution in [0.4, 0.5) is 0 Å². The van der Waals surface area contributed by atoms with Gasteiger partial charge in [0, 0.05) is 5.56 Å². The van der Waals surface area contributed by atoms with Crippen molar-refractivity contribution in [3.05, 3.63) is 34.9 Å². The molecule has 0 atom stereocenters. The third-order valence-electron chi connectivity index (χ3n) is 2.98. The van der Waals surface area contributed by atoms with Crippen LogP contribution in [-0.4, -0.2) is 18.9 Å². The zero-order valence-electron chi connectivity index (χ0n) is 9.29. The topological polar surface area (TPSA) is 43.4 Å². The van der Waals surface area contributed by atoms with E-state index in [1.54, 1.807) is 6.07 Å². The summed E-state index contributed by atoms with van der Waals surface area (Å²) in [6.07, 6.45) is 4.43. The number of rotatable bonds is 2. The second-order valence-electron chi connectivity index (χ2n) is 4.01. The second kappa shape index (κ2) is 4.47. The highest BCUT2D eigenvalue weighted by molar-refractivity contribution is 6.40. The van der Waals surface area contributed by atoms with Gasteiger partial charge in [0.15, 0.2) is 0 Å². The van der Waals surface area contributed by atoms with Crippen molar-refractivity contribution in [3.8, 4) is 0 Å². The molecule has 16 heavy (non-hydrogen) atoms. The number of ketones is 1. The highest BCUT2D eigenvalue weighted by Gasteiger charge is 2.18. The Morgan fingerprint density at radius 3 is 2.50 bits per heavy atom. The Morgan fingerprint density at radius 1 is 1.12 bits per heavy atom. The number of carbonyl (C=O) groups is 2. The number of fused-ring (bicyclic) bond motifs is 1. The van der Waals surface area contributed by atoms with Crippen molar-refractivity contribution in [3.63, 3.8) is 0 Å². The van der Waals surface area contributed by atoms with Gasteiger partial charge in [0.05, 0.1) is 7.11 Å². The molecule has 0 N–H and O–H groups in total. The van der Waals surface area contributed by atoms with E-state index >= 15 is 0 Å². The summed E-state index contributed by atoms with van der Waals surface area (Å²) in [5.41, 5.74) is 2.93. The Balaban J connectivity index is 2.30. The van der Waals surface area contributed by atoms with Gasteiger partial charge >= 0.3 is 5.97 Å². The molecule has 0 radical (unpaired) electrons. The average Bonchev–Trinajstić information content (AvgIpc) is 2.36. The van der Waals surface area contributed by atoms with Gasteiger partial charge in [-0.3, -0.25) is 4.79 Å². The van der Waals surface area contributed by atoms with Gasteiger partial charge in [-0.05, 0) is 42.9 Å². The number of carbonyl (C=O) groups excluding carboxylic acids is 2. The standard InChI is InChI=1S/C13H14O3/c1-16-13(15)12(14)11-7-6-9-4-2-3-5-10(9)8-11/h6-8H,2-5H2,1H3. The van der Waals surface area contributed by atoms with Crippen molar-refractivity contribution in [2.45, 2.75) is 25.7 Å². The first-order valence-corrected chi connectivity index (χ1v) is 5.47. The lowest BCUT2D eigenvalue weighted by atomic mass is 9.90. The first-order valence-electron chi connectivity index (χ1n) is 5.47. The van der Waals surface area contributed by atoms with Crippen LogP contribution < -0.4 is 0 Å². The van der Waals surface area contributed by atoms with Crippen molar-refractivity contribution in [1.82, 2.24) is 0 Å². The lowest BCUT2D eigenvalue weighted by Crippen LogP contribution is -2.16. The molecule has 3 nitrogen and oxygen atoms in total. The minimum atomic E-state index is -0.796. The maximum absolute atomic E-state index is 11.6. The monoisotopic (exact) mass is 218 g/mol. The van der Waals surface area contributed by atoms with Gasteiger partial charge < -0.3 is 4.74 Å².